The summed E-state index contributed by atoms with van der Waals surface area (Å²) in [4.78, 5) is 17.5. The van der Waals surface area contributed by atoms with Gasteiger partial charge >= 0.3 is 0 Å². The summed E-state index contributed by atoms with van der Waals surface area (Å²) in [5.41, 5.74) is 15.7. The molecule has 0 amide bonds. The van der Waals surface area contributed by atoms with Crippen molar-refractivity contribution in [2.45, 2.75) is 5.41 Å². The van der Waals surface area contributed by atoms with Gasteiger partial charge in [-0.1, -0.05) is 182 Å². The van der Waals surface area contributed by atoms with Gasteiger partial charge in [0.15, 0.2) is 17.5 Å². The molecule has 0 saturated heterocycles. The third kappa shape index (κ3) is 5.14. The lowest BCUT2D eigenvalue weighted by Crippen LogP contribution is -2.36. The zero-order chi connectivity index (χ0) is 39.6. The van der Waals surface area contributed by atoms with Crippen molar-refractivity contribution in [3.05, 3.63) is 241 Å². The van der Waals surface area contributed by atoms with E-state index in [1.54, 1.807) is 0 Å². The van der Waals surface area contributed by atoms with Crippen LogP contribution >= 0.6 is 0 Å². The predicted octanol–water partition coefficient (Wildman–Crippen LogP) is 13.8. The number of aromatic nitrogens is 3. The van der Waals surface area contributed by atoms with Crippen molar-refractivity contribution >= 4 is 27.8 Å². The Labute approximate surface area is 348 Å². The molecule has 12 rings (SSSR count). The molecule has 2 heterocycles. The number of rotatable bonds is 5. The summed E-state index contributed by atoms with van der Waals surface area (Å²) in [5.74, 6) is 1.93. The molecular formula is C56H36N4. The van der Waals surface area contributed by atoms with Crippen molar-refractivity contribution in [3.63, 3.8) is 0 Å². The lowest BCUT2D eigenvalue weighted by Gasteiger charge is -2.45. The maximum atomic E-state index is 5.07. The number of para-hydroxylation sites is 3. The van der Waals surface area contributed by atoms with Gasteiger partial charge < -0.3 is 4.90 Å². The minimum atomic E-state index is -0.579. The maximum Gasteiger partial charge on any atom is 0.164 e. The van der Waals surface area contributed by atoms with Crippen LogP contribution in [0.1, 0.15) is 22.3 Å². The Morgan fingerprint density at radius 1 is 0.333 bits per heavy atom. The molecule has 1 aromatic heterocycles. The zero-order valence-electron chi connectivity index (χ0n) is 32.6. The summed E-state index contributed by atoms with van der Waals surface area (Å²) in [5, 5.41) is 2.50. The second-order valence-electron chi connectivity index (χ2n) is 15.5. The van der Waals surface area contributed by atoms with Gasteiger partial charge in [-0.25, -0.2) is 15.0 Å². The number of anilines is 3. The lowest BCUT2D eigenvalue weighted by atomic mass is 9.64. The average Bonchev–Trinajstić information content (AvgIpc) is 3.63. The summed E-state index contributed by atoms with van der Waals surface area (Å²) in [6.07, 6.45) is 0. The minimum Gasteiger partial charge on any atom is -0.310 e. The van der Waals surface area contributed by atoms with E-state index in [1.165, 1.54) is 55.5 Å². The van der Waals surface area contributed by atoms with Gasteiger partial charge in [0, 0.05) is 22.4 Å². The smallest absolute Gasteiger partial charge is 0.164 e. The molecule has 0 atom stereocenters. The topological polar surface area (TPSA) is 41.9 Å². The molecule has 0 bridgehead atoms. The number of benzene rings is 9. The Morgan fingerprint density at radius 3 is 1.52 bits per heavy atom. The molecule has 2 aliphatic rings. The first-order valence-electron chi connectivity index (χ1n) is 20.4. The summed E-state index contributed by atoms with van der Waals surface area (Å²) < 4.78 is 0. The van der Waals surface area contributed by atoms with Gasteiger partial charge in [-0.05, 0) is 91.7 Å². The van der Waals surface area contributed by atoms with Crippen LogP contribution in [0.25, 0.3) is 67.2 Å². The van der Waals surface area contributed by atoms with E-state index in [2.05, 4.69) is 163 Å². The standard InChI is InChI=1S/C56H36N4/c1-4-18-38(19-5-1)53-57-54(39-20-6-2-7-21-39)59-55(58-53)42-23-16-22-40(35-42)41-31-33-45-49(36-41)56(48-34-32-37-17-10-11-26-44(37)52(45)48)46-27-12-14-29-50(46)60(43-24-8-3-9-25-43)51-30-15-13-28-47(51)56/h1-36H. The van der Waals surface area contributed by atoms with Crippen LogP contribution in [0.15, 0.2) is 218 Å². The Kier molecular flexibility index (Phi) is 7.72. The van der Waals surface area contributed by atoms with Crippen molar-refractivity contribution < 1.29 is 0 Å². The van der Waals surface area contributed by atoms with Crippen LogP contribution in [0.4, 0.5) is 17.1 Å². The quantitative estimate of drug-likeness (QED) is 0.175. The van der Waals surface area contributed by atoms with Crippen LogP contribution in [-0.4, -0.2) is 15.0 Å². The van der Waals surface area contributed by atoms with Gasteiger partial charge in [0.1, 0.15) is 0 Å². The Balaban J connectivity index is 1.09. The van der Waals surface area contributed by atoms with E-state index >= 15 is 0 Å². The fourth-order valence-electron chi connectivity index (χ4n) is 9.73. The number of fused-ring (bicyclic) bond motifs is 11. The van der Waals surface area contributed by atoms with Gasteiger partial charge in [0.05, 0.1) is 16.8 Å². The molecule has 0 saturated carbocycles. The van der Waals surface area contributed by atoms with Gasteiger partial charge in [0.2, 0.25) is 0 Å². The Bertz CT molecular complexity index is 3160. The second kappa shape index (κ2) is 13.6. The fourth-order valence-corrected chi connectivity index (χ4v) is 9.73. The average molecular weight is 765 g/mol. The first-order valence-corrected chi connectivity index (χ1v) is 20.4. The monoisotopic (exact) mass is 764 g/mol. The van der Waals surface area contributed by atoms with Gasteiger partial charge in [-0.15, -0.1) is 0 Å². The summed E-state index contributed by atoms with van der Waals surface area (Å²) in [6, 6.07) is 78.3. The summed E-state index contributed by atoms with van der Waals surface area (Å²) in [6.45, 7) is 0. The summed E-state index contributed by atoms with van der Waals surface area (Å²) >= 11 is 0. The van der Waals surface area contributed by atoms with Crippen molar-refractivity contribution in [2.75, 3.05) is 4.90 Å². The largest absolute Gasteiger partial charge is 0.310 e. The van der Waals surface area contributed by atoms with Gasteiger partial charge in [-0.3, -0.25) is 0 Å². The highest BCUT2D eigenvalue weighted by molar-refractivity contribution is 6.06. The molecule has 1 aliphatic carbocycles. The van der Waals surface area contributed by atoms with Crippen molar-refractivity contribution in [3.8, 4) is 56.4 Å². The molecule has 0 radical (unpaired) electrons. The molecule has 0 N–H and O–H groups in total. The van der Waals surface area contributed by atoms with E-state index in [0.29, 0.717) is 17.5 Å². The molecule has 0 unspecified atom stereocenters. The van der Waals surface area contributed by atoms with Crippen molar-refractivity contribution in [1.29, 1.82) is 0 Å². The van der Waals surface area contributed by atoms with Gasteiger partial charge in [0.25, 0.3) is 0 Å². The molecule has 0 fully saturated rings. The third-order valence-corrected chi connectivity index (χ3v) is 12.3. The van der Waals surface area contributed by atoms with E-state index in [9.17, 15) is 0 Å². The number of hydrogen-bond donors (Lipinski definition) is 0. The van der Waals surface area contributed by atoms with E-state index in [0.717, 1.165) is 33.5 Å². The van der Waals surface area contributed by atoms with Gasteiger partial charge in [-0.2, -0.15) is 0 Å². The predicted molar refractivity (Wildman–Crippen MR) is 245 cm³/mol. The maximum absolute atomic E-state index is 5.07. The highest BCUT2D eigenvalue weighted by atomic mass is 15.2. The van der Waals surface area contributed by atoms with E-state index < -0.39 is 5.41 Å². The molecule has 1 aliphatic heterocycles. The Hall–Kier alpha value is -7.95. The van der Waals surface area contributed by atoms with Crippen LogP contribution in [0.5, 0.6) is 0 Å². The van der Waals surface area contributed by atoms with Crippen LogP contribution in [-0.2, 0) is 5.41 Å². The molecule has 4 heteroatoms. The molecule has 60 heavy (non-hydrogen) atoms. The molecule has 4 nitrogen and oxygen atoms in total. The molecule has 280 valence electrons. The fraction of sp³-hybridized carbons (Fsp3) is 0.0179. The van der Waals surface area contributed by atoms with E-state index in [-0.39, 0.29) is 0 Å². The second-order valence-corrected chi connectivity index (χ2v) is 15.5. The van der Waals surface area contributed by atoms with Crippen molar-refractivity contribution in [1.82, 2.24) is 15.0 Å². The summed E-state index contributed by atoms with van der Waals surface area (Å²) in [7, 11) is 0. The lowest BCUT2D eigenvalue weighted by molar-refractivity contribution is 0.753. The third-order valence-electron chi connectivity index (χ3n) is 12.3. The minimum absolute atomic E-state index is 0.579. The molecule has 10 aromatic rings. The first kappa shape index (κ1) is 34.1. The van der Waals surface area contributed by atoms with Crippen LogP contribution in [0.2, 0.25) is 0 Å². The first-order chi connectivity index (χ1) is 29.8. The highest BCUT2D eigenvalue weighted by Crippen LogP contribution is 2.64. The number of nitrogens with zero attached hydrogens (tertiary/aromatic N) is 4. The van der Waals surface area contributed by atoms with Crippen molar-refractivity contribution in [2.24, 2.45) is 0 Å². The van der Waals surface area contributed by atoms with E-state index in [4.69, 9.17) is 15.0 Å². The SMILES string of the molecule is c1ccc(-c2nc(-c3ccccc3)nc(-c3cccc(-c4ccc5c(c4)C4(c6ccccc6N(c6ccccc6)c6ccccc64)c4ccc6ccccc6c4-5)c3)n2)cc1. The molecule has 1 spiro atoms. The number of hydrogen-bond acceptors (Lipinski definition) is 4. The Morgan fingerprint density at radius 2 is 0.850 bits per heavy atom. The molecular weight excluding hydrogens is 729 g/mol. The molecule has 9 aromatic carbocycles. The van der Waals surface area contributed by atoms with Crippen LogP contribution in [0, 0.1) is 0 Å². The van der Waals surface area contributed by atoms with Crippen LogP contribution in [0.3, 0.4) is 0 Å². The van der Waals surface area contributed by atoms with Crippen LogP contribution < -0.4 is 4.90 Å². The normalized spacial score (nSPS) is 13.1. The van der Waals surface area contributed by atoms with E-state index in [1.807, 2.05) is 60.7 Å². The highest BCUT2D eigenvalue weighted by Gasteiger charge is 2.52. The zero-order valence-corrected chi connectivity index (χ0v) is 32.6.